The molecule has 0 aliphatic rings. The Morgan fingerprint density at radius 2 is 0.620 bits per heavy atom. The molecule has 8 aromatic carbocycles. The Kier molecular flexibility index (Phi) is 8.76. The zero-order valence-corrected chi connectivity index (χ0v) is 28.8. The highest BCUT2D eigenvalue weighted by atomic mass is 28.3. The largest absolute Gasteiger partial charge is 0.309 e. The summed E-state index contributed by atoms with van der Waals surface area (Å²) in [4.78, 5) is 2.47. The third kappa shape index (κ3) is 5.76. The quantitative estimate of drug-likeness (QED) is 0.111. The van der Waals surface area contributed by atoms with E-state index in [4.69, 9.17) is 0 Å². The molecule has 0 aromatic heterocycles. The number of hydrogen-bond donors (Lipinski definition) is 0. The monoisotopic (exact) mass is 655 g/mol. The number of anilines is 3. The molecule has 0 saturated carbocycles. The Morgan fingerprint density at radius 3 is 1.06 bits per heavy atom. The van der Waals surface area contributed by atoms with Crippen LogP contribution in [0, 0.1) is 0 Å². The van der Waals surface area contributed by atoms with E-state index >= 15 is 0 Å². The molecule has 0 atom stereocenters. The van der Waals surface area contributed by atoms with Gasteiger partial charge in [0.1, 0.15) is 0 Å². The first-order valence-electron chi connectivity index (χ1n) is 17.2. The predicted octanol–water partition coefficient (Wildman–Crippen LogP) is 9.87. The molecule has 238 valence electrons. The summed E-state index contributed by atoms with van der Waals surface area (Å²) in [6, 6.07) is 81.8. The highest BCUT2D eigenvalue weighted by Gasteiger charge is 2.41. The standard InChI is InChI=1S/C48H37NSi/c1-7-21-38(22-8-1)46-35-20-36-47(39-23-9-2-10-24-39)48(46)49(40-25-11-3-12-26-40)41-27-19-34-45(37-41)50(42-28-13-4-14-29-42,43-30-15-5-16-31-43)44-32-17-6-18-33-44/h1-37H. The van der Waals surface area contributed by atoms with Crippen LogP contribution in [0.15, 0.2) is 224 Å². The zero-order valence-electron chi connectivity index (χ0n) is 27.8. The van der Waals surface area contributed by atoms with Gasteiger partial charge < -0.3 is 4.90 Å². The third-order valence-electron chi connectivity index (χ3n) is 9.60. The van der Waals surface area contributed by atoms with Gasteiger partial charge in [0.2, 0.25) is 0 Å². The van der Waals surface area contributed by atoms with Crippen molar-refractivity contribution in [2.24, 2.45) is 0 Å². The van der Waals surface area contributed by atoms with Gasteiger partial charge in [-0.15, -0.1) is 0 Å². The second-order valence-electron chi connectivity index (χ2n) is 12.5. The Balaban J connectivity index is 1.45. The smallest absolute Gasteiger partial charge is 0.179 e. The Bertz CT molecular complexity index is 2140. The zero-order chi connectivity index (χ0) is 33.6. The molecular weight excluding hydrogens is 619 g/mol. The fourth-order valence-corrected chi connectivity index (χ4v) is 12.2. The maximum atomic E-state index is 2.47. The van der Waals surface area contributed by atoms with Crippen molar-refractivity contribution in [1.82, 2.24) is 0 Å². The molecular formula is C48H37NSi. The van der Waals surface area contributed by atoms with Gasteiger partial charge in [-0.2, -0.15) is 0 Å². The molecule has 0 radical (unpaired) electrons. The summed E-state index contributed by atoms with van der Waals surface area (Å²) >= 11 is 0. The number of nitrogens with zero attached hydrogens (tertiary/aromatic N) is 1. The lowest BCUT2D eigenvalue weighted by molar-refractivity contribution is 1.29. The van der Waals surface area contributed by atoms with Crippen LogP contribution in [0.2, 0.25) is 0 Å². The molecule has 0 N–H and O–H groups in total. The maximum absolute atomic E-state index is 2.76. The van der Waals surface area contributed by atoms with Crippen LogP contribution >= 0.6 is 0 Å². The molecule has 0 aliphatic heterocycles. The molecule has 8 aromatic rings. The highest BCUT2D eigenvalue weighted by molar-refractivity contribution is 7.19. The molecule has 0 spiro atoms. The Hall–Kier alpha value is -6.22. The van der Waals surface area contributed by atoms with E-state index in [1.54, 1.807) is 0 Å². The van der Waals surface area contributed by atoms with Crippen LogP contribution in [0.3, 0.4) is 0 Å². The lowest BCUT2D eigenvalue weighted by Gasteiger charge is -2.36. The van der Waals surface area contributed by atoms with Crippen LogP contribution in [0.1, 0.15) is 0 Å². The van der Waals surface area contributed by atoms with Crippen LogP contribution in [-0.4, -0.2) is 8.07 Å². The van der Waals surface area contributed by atoms with E-state index in [1.807, 2.05) is 0 Å². The van der Waals surface area contributed by atoms with Gasteiger partial charge in [-0.25, -0.2) is 0 Å². The summed E-state index contributed by atoms with van der Waals surface area (Å²) in [6.45, 7) is 0. The molecule has 2 heteroatoms. The normalized spacial score (nSPS) is 11.2. The van der Waals surface area contributed by atoms with Gasteiger partial charge in [0.05, 0.1) is 5.69 Å². The third-order valence-corrected chi connectivity index (χ3v) is 14.4. The summed E-state index contributed by atoms with van der Waals surface area (Å²) in [5, 5.41) is 5.40. The number of para-hydroxylation sites is 2. The molecule has 0 aliphatic carbocycles. The van der Waals surface area contributed by atoms with Crippen LogP contribution in [0.4, 0.5) is 17.1 Å². The first kappa shape index (κ1) is 31.1. The molecule has 0 bridgehead atoms. The minimum atomic E-state index is -2.76. The van der Waals surface area contributed by atoms with E-state index < -0.39 is 8.07 Å². The number of benzene rings is 8. The summed E-state index contributed by atoms with van der Waals surface area (Å²) in [5.41, 5.74) is 8.10. The Labute approximate surface area is 296 Å². The highest BCUT2D eigenvalue weighted by Crippen LogP contribution is 2.46. The van der Waals surface area contributed by atoms with E-state index in [0.29, 0.717) is 0 Å². The van der Waals surface area contributed by atoms with Gasteiger partial charge in [0.15, 0.2) is 8.07 Å². The molecule has 0 amide bonds. The van der Waals surface area contributed by atoms with Crippen molar-refractivity contribution < 1.29 is 0 Å². The minimum absolute atomic E-state index is 1.11. The van der Waals surface area contributed by atoms with Crippen molar-refractivity contribution in [2.45, 2.75) is 0 Å². The van der Waals surface area contributed by atoms with Crippen LogP contribution in [-0.2, 0) is 0 Å². The van der Waals surface area contributed by atoms with E-state index in [1.165, 1.54) is 43.0 Å². The van der Waals surface area contributed by atoms with Crippen molar-refractivity contribution in [3.05, 3.63) is 224 Å². The van der Waals surface area contributed by atoms with Gasteiger partial charge >= 0.3 is 0 Å². The number of rotatable bonds is 9. The van der Waals surface area contributed by atoms with Crippen molar-refractivity contribution in [2.75, 3.05) is 4.90 Å². The van der Waals surface area contributed by atoms with Gasteiger partial charge in [-0.1, -0.05) is 200 Å². The van der Waals surface area contributed by atoms with Crippen molar-refractivity contribution in [1.29, 1.82) is 0 Å². The molecule has 8 rings (SSSR count). The van der Waals surface area contributed by atoms with Crippen molar-refractivity contribution in [3.63, 3.8) is 0 Å². The van der Waals surface area contributed by atoms with Crippen molar-refractivity contribution >= 4 is 45.9 Å². The summed E-state index contributed by atoms with van der Waals surface area (Å²) < 4.78 is 0. The van der Waals surface area contributed by atoms with E-state index in [-0.39, 0.29) is 0 Å². The van der Waals surface area contributed by atoms with Gasteiger partial charge in [-0.05, 0) is 56.1 Å². The second-order valence-corrected chi connectivity index (χ2v) is 16.3. The summed E-state index contributed by atoms with van der Waals surface area (Å²) in [6.07, 6.45) is 0. The maximum Gasteiger partial charge on any atom is 0.179 e. The van der Waals surface area contributed by atoms with E-state index in [0.717, 1.165) is 17.1 Å². The van der Waals surface area contributed by atoms with E-state index in [2.05, 4.69) is 229 Å². The molecule has 0 heterocycles. The summed E-state index contributed by atoms with van der Waals surface area (Å²) in [5.74, 6) is 0. The van der Waals surface area contributed by atoms with Gasteiger partial charge in [-0.3, -0.25) is 0 Å². The fraction of sp³-hybridized carbons (Fsp3) is 0. The molecule has 50 heavy (non-hydrogen) atoms. The average Bonchev–Trinajstić information content (AvgIpc) is 3.21. The lowest BCUT2D eigenvalue weighted by atomic mass is 9.94. The van der Waals surface area contributed by atoms with Crippen molar-refractivity contribution in [3.8, 4) is 22.3 Å². The van der Waals surface area contributed by atoms with Crippen LogP contribution in [0.5, 0.6) is 0 Å². The van der Waals surface area contributed by atoms with Crippen LogP contribution < -0.4 is 25.6 Å². The predicted molar refractivity (Wildman–Crippen MR) is 216 cm³/mol. The molecule has 0 saturated heterocycles. The molecule has 0 fully saturated rings. The Morgan fingerprint density at radius 1 is 0.280 bits per heavy atom. The number of hydrogen-bond acceptors (Lipinski definition) is 1. The summed E-state index contributed by atoms with van der Waals surface area (Å²) in [7, 11) is -2.76. The lowest BCUT2D eigenvalue weighted by Crippen LogP contribution is -2.74. The molecule has 0 unspecified atom stereocenters. The van der Waals surface area contributed by atoms with Gasteiger partial charge in [0.25, 0.3) is 0 Å². The topological polar surface area (TPSA) is 3.24 Å². The SMILES string of the molecule is c1ccc(-c2cccc(-c3ccccc3)c2N(c2ccccc2)c2cccc([Si](c3ccccc3)(c3ccccc3)c3ccccc3)c2)cc1. The van der Waals surface area contributed by atoms with Gasteiger partial charge in [0, 0.05) is 22.5 Å². The minimum Gasteiger partial charge on any atom is -0.309 e. The van der Waals surface area contributed by atoms with Crippen LogP contribution in [0.25, 0.3) is 22.3 Å². The molecule has 1 nitrogen and oxygen atoms in total. The fourth-order valence-electron chi connectivity index (χ4n) is 7.41. The first-order chi connectivity index (χ1) is 24.8. The van der Waals surface area contributed by atoms with E-state index in [9.17, 15) is 0 Å². The second kappa shape index (κ2) is 14.1. The first-order valence-corrected chi connectivity index (χ1v) is 19.2. The average molecular weight is 656 g/mol.